The average Bonchev–Trinajstić information content (AvgIpc) is 2.97. The number of hydrogen-bond donors (Lipinski definition) is 2. The molecule has 1 unspecified atom stereocenters. The van der Waals surface area contributed by atoms with Crippen molar-refractivity contribution in [1.29, 1.82) is 0 Å². The average molecular weight is 316 g/mol. The quantitative estimate of drug-likeness (QED) is 0.897. The Balaban J connectivity index is 1.84. The van der Waals surface area contributed by atoms with E-state index in [4.69, 9.17) is 4.74 Å². The summed E-state index contributed by atoms with van der Waals surface area (Å²) >= 11 is 0. The van der Waals surface area contributed by atoms with Crippen molar-refractivity contribution in [2.45, 2.75) is 25.8 Å². The highest BCUT2D eigenvalue weighted by Gasteiger charge is 2.32. The topological polar surface area (TPSA) is 82.6 Å². The second-order valence-corrected chi connectivity index (χ2v) is 5.70. The van der Waals surface area contributed by atoms with Gasteiger partial charge in [-0.15, -0.1) is 0 Å². The molecule has 0 bridgehead atoms. The van der Waals surface area contributed by atoms with Crippen molar-refractivity contribution in [2.75, 3.05) is 19.8 Å². The van der Waals surface area contributed by atoms with Crippen LogP contribution in [0.5, 0.6) is 0 Å². The van der Waals surface area contributed by atoms with Gasteiger partial charge in [0.1, 0.15) is 0 Å². The zero-order chi connectivity index (χ0) is 16.4. The Labute approximate surface area is 134 Å². The lowest BCUT2D eigenvalue weighted by molar-refractivity contribution is -0.157. The van der Waals surface area contributed by atoms with Gasteiger partial charge < -0.3 is 19.7 Å². The van der Waals surface area contributed by atoms with Gasteiger partial charge in [-0.3, -0.25) is 4.79 Å². The van der Waals surface area contributed by atoms with Gasteiger partial charge in [-0.05, 0) is 17.5 Å². The number of aliphatic carboxylic acids is 1. The third-order valence-corrected chi connectivity index (χ3v) is 4.34. The summed E-state index contributed by atoms with van der Waals surface area (Å²) in [6.07, 6.45) is 2.95. The molecule has 1 saturated heterocycles. The summed E-state index contributed by atoms with van der Waals surface area (Å²) in [5.41, 5.74) is 3.15. The Bertz CT molecular complexity index is 737. The summed E-state index contributed by atoms with van der Waals surface area (Å²) in [4.78, 5) is 28.5. The van der Waals surface area contributed by atoms with Crippen LogP contribution in [0.4, 0.5) is 0 Å². The SMILES string of the molecule is CCc1cccc2c(CC(=O)N3CCOCC3C(=O)O)c[nH]c12. The maximum atomic E-state index is 12.6. The largest absolute Gasteiger partial charge is 0.480 e. The predicted octanol–water partition coefficient (Wildman–Crippen LogP) is 1.58. The van der Waals surface area contributed by atoms with Crippen LogP contribution in [0.25, 0.3) is 10.9 Å². The van der Waals surface area contributed by atoms with Gasteiger partial charge in [0, 0.05) is 23.6 Å². The number of aryl methyl sites for hydroxylation is 1. The number of hydrogen-bond acceptors (Lipinski definition) is 3. The number of nitrogens with one attached hydrogen (secondary N) is 1. The van der Waals surface area contributed by atoms with Gasteiger partial charge in [0.05, 0.1) is 19.6 Å². The molecule has 3 rings (SSSR count). The number of morpholine rings is 1. The number of carbonyl (C=O) groups excluding carboxylic acids is 1. The first-order chi connectivity index (χ1) is 11.1. The second-order valence-electron chi connectivity index (χ2n) is 5.70. The molecule has 0 spiro atoms. The molecule has 23 heavy (non-hydrogen) atoms. The summed E-state index contributed by atoms with van der Waals surface area (Å²) in [6.45, 7) is 2.84. The number of rotatable bonds is 4. The Morgan fingerprint density at radius 3 is 2.96 bits per heavy atom. The molecule has 0 saturated carbocycles. The van der Waals surface area contributed by atoms with Crippen molar-refractivity contribution >= 4 is 22.8 Å². The lowest BCUT2D eigenvalue weighted by Gasteiger charge is -2.32. The predicted molar refractivity (Wildman–Crippen MR) is 85.3 cm³/mol. The molecule has 1 aliphatic rings. The molecule has 122 valence electrons. The summed E-state index contributed by atoms with van der Waals surface area (Å²) in [5.74, 6) is -1.20. The summed E-state index contributed by atoms with van der Waals surface area (Å²) in [5, 5.41) is 10.3. The molecule has 1 aromatic carbocycles. The molecular weight excluding hydrogens is 296 g/mol. The Morgan fingerprint density at radius 2 is 2.22 bits per heavy atom. The molecule has 1 aromatic heterocycles. The van der Waals surface area contributed by atoms with E-state index in [-0.39, 0.29) is 18.9 Å². The van der Waals surface area contributed by atoms with Gasteiger partial charge in [-0.1, -0.05) is 25.1 Å². The van der Waals surface area contributed by atoms with Gasteiger partial charge in [-0.2, -0.15) is 0 Å². The van der Waals surface area contributed by atoms with Crippen LogP contribution in [0.3, 0.4) is 0 Å². The van der Waals surface area contributed by atoms with Crippen molar-refractivity contribution in [1.82, 2.24) is 9.88 Å². The maximum Gasteiger partial charge on any atom is 0.328 e. The number of benzene rings is 1. The normalized spacial score (nSPS) is 18.3. The van der Waals surface area contributed by atoms with Gasteiger partial charge >= 0.3 is 5.97 Å². The summed E-state index contributed by atoms with van der Waals surface area (Å²) in [6, 6.07) is 5.14. The molecule has 6 heteroatoms. The van der Waals surface area contributed by atoms with E-state index in [0.29, 0.717) is 13.2 Å². The zero-order valence-electron chi connectivity index (χ0n) is 13.0. The van der Waals surface area contributed by atoms with Crippen LogP contribution in [0.15, 0.2) is 24.4 Å². The molecule has 1 amide bonds. The van der Waals surface area contributed by atoms with Crippen LogP contribution in [0.1, 0.15) is 18.1 Å². The number of aromatic nitrogens is 1. The highest BCUT2D eigenvalue weighted by atomic mass is 16.5. The van der Waals surface area contributed by atoms with Crippen LogP contribution < -0.4 is 0 Å². The number of ether oxygens (including phenoxy) is 1. The molecule has 6 nitrogen and oxygen atoms in total. The number of para-hydroxylation sites is 1. The van der Waals surface area contributed by atoms with E-state index in [1.807, 2.05) is 18.3 Å². The summed E-state index contributed by atoms with van der Waals surface area (Å²) < 4.78 is 5.18. The number of nitrogens with zero attached hydrogens (tertiary/aromatic N) is 1. The number of amides is 1. The molecule has 1 aliphatic heterocycles. The minimum absolute atomic E-state index is 0.0505. The highest BCUT2D eigenvalue weighted by Crippen LogP contribution is 2.23. The molecule has 2 N–H and O–H groups in total. The van der Waals surface area contributed by atoms with Gasteiger partial charge in [0.15, 0.2) is 6.04 Å². The zero-order valence-corrected chi connectivity index (χ0v) is 13.0. The number of H-pyrrole nitrogens is 1. The van der Waals surface area contributed by atoms with E-state index in [2.05, 4.69) is 18.0 Å². The maximum absolute atomic E-state index is 12.6. The molecule has 2 aromatic rings. The third kappa shape index (κ3) is 2.94. The van der Waals surface area contributed by atoms with Gasteiger partial charge in [-0.25, -0.2) is 4.79 Å². The number of carboxylic acids is 1. The van der Waals surface area contributed by atoms with E-state index in [0.717, 1.165) is 22.9 Å². The minimum Gasteiger partial charge on any atom is -0.480 e. The van der Waals surface area contributed by atoms with Crippen molar-refractivity contribution in [2.24, 2.45) is 0 Å². The molecular formula is C17H20N2O4. The fraction of sp³-hybridized carbons (Fsp3) is 0.412. The van der Waals surface area contributed by atoms with Crippen LogP contribution in [0, 0.1) is 0 Å². The van der Waals surface area contributed by atoms with Crippen molar-refractivity contribution in [3.63, 3.8) is 0 Å². The molecule has 0 radical (unpaired) electrons. The van der Waals surface area contributed by atoms with E-state index >= 15 is 0 Å². The molecule has 1 fully saturated rings. The first-order valence-electron chi connectivity index (χ1n) is 7.79. The first-order valence-corrected chi connectivity index (χ1v) is 7.79. The first kappa shape index (κ1) is 15.6. The monoisotopic (exact) mass is 316 g/mol. The van der Waals surface area contributed by atoms with Crippen LogP contribution in [-0.4, -0.2) is 52.7 Å². The Morgan fingerprint density at radius 1 is 1.39 bits per heavy atom. The number of fused-ring (bicyclic) bond motifs is 1. The fourth-order valence-corrected chi connectivity index (χ4v) is 3.09. The highest BCUT2D eigenvalue weighted by molar-refractivity contribution is 5.92. The Hall–Kier alpha value is -2.34. The lowest BCUT2D eigenvalue weighted by Crippen LogP contribution is -2.53. The minimum atomic E-state index is -1.02. The number of aromatic amines is 1. The van der Waals surface area contributed by atoms with Crippen molar-refractivity contribution < 1.29 is 19.4 Å². The van der Waals surface area contributed by atoms with Crippen molar-refractivity contribution in [3.05, 3.63) is 35.5 Å². The van der Waals surface area contributed by atoms with E-state index in [1.165, 1.54) is 10.5 Å². The lowest BCUT2D eigenvalue weighted by atomic mass is 10.0. The van der Waals surface area contributed by atoms with E-state index in [1.54, 1.807) is 0 Å². The van der Waals surface area contributed by atoms with Crippen molar-refractivity contribution in [3.8, 4) is 0 Å². The second kappa shape index (κ2) is 6.42. The van der Waals surface area contributed by atoms with Crippen LogP contribution >= 0.6 is 0 Å². The van der Waals surface area contributed by atoms with Gasteiger partial charge in [0.2, 0.25) is 5.91 Å². The smallest absolute Gasteiger partial charge is 0.328 e. The van der Waals surface area contributed by atoms with Gasteiger partial charge in [0.25, 0.3) is 0 Å². The van der Waals surface area contributed by atoms with Crippen LogP contribution in [-0.2, 0) is 27.2 Å². The molecule has 2 heterocycles. The molecule has 0 aliphatic carbocycles. The number of carboxylic acid groups (broad SMARTS) is 1. The standard InChI is InChI=1S/C17H20N2O4/c1-2-11-4-3-5-13-12(9-18-16(11)13)8-15(20)19-6-7-23-10-14(19)17(21)22/h3-5,9,14,18H,2,6-8,10H2,1H3,(H,21,22). The van der Waals surface area contributed by atoms with E-state index in [9.17, 15) is 14.7 Å². The third-order valence-electron chi connectivity index (χ3n) is 4.34. The molecule has 1 atom stereocenters. The Kier molecular flexibility index (Phi) is 4.34. The number of carbonyl (C=O) groups is 2. The van der Waals surface area contributed by atoms with Crippen LogP contribution in [0.2, 0.25) is 0 Å². The van der Waals surface area contributed by atoms with E-state index < -0.39 is 12.0 Å². The summed E-state index contributed by atoms with van der Waals surface area (Å²) in [7, 11) is 0. The fourth-order valence-electron chi connectivity index (χ4n) is 3.09.